The van der Waals surface area contributed by atoms with Gasteiger partial charge in [0.15, 0.2) is 0 Å². The molecule has 0 fully saturated rings. The van der Waals surface area contributed by atoms with E-state index in [2.05, 4.69) is 16.6 Å². The van der Waals surface area contributed by atoms with Crippen molar-refractivity contribution in [2.75, 3.05) is 7.11 Å². The molecular weight excluding hydrogens is 226 g/mol. The molecule has 0 heterocycles. The highest BCUT2D eigenvalue weighted by Gasteiger charge is 2.01. The van der Waals surface area contributed by atoms with Gasteiger partial charge < -0.3 is 10.1 Å². The molecule has 1 N–H and O–H groups in total. The summed E-state index contributed by atoms with van der Waals surface area (Å²) in [6, 6.07) is 10.0. The van der Waals surface area contributed by atoms with Crippen LogP contribution >= 0.6 is 0 Å². The third kappa shape index (κ3) is 5.34. The second kappa shape index (κ2) is 8.12. The largest absolute Gasteiger partial charge is 0.466 e. The zero-order chi connectivity index (χ0) is 13.2. The van der Waals surface area contributed by atoms with E-state index >= 15 is 0 Å². The lowest BCUT2D eigenvalue weighted by atomic mass is 10.2. The fourth-order valence-corrected chi connectivity index (χ4v) is 1.48. The third-order valence-corrected chi connectivity index (χ3v) is 2.47. The van der Waals surface area contributed by atoms with Gasteiger partial charge in [0.25, 0.3) is 0 Å². The van der Waals surface area contributed by atoms with Crippen LogP contribution in [-0.2, 0) is 16.1 Å². The van der Waals surface area contributed by atoms with Crippen molar-refractivity contribution >= 4 is 5.97 Å². The van der Waals surface area contributed by atoms with Crippen molar-refractivity contribution in [1.29, 1.82) is 0 Å². The van der Waals surface area contributed by atoms with Crippen LogP contribution in [0.25, 0.3) is 0 Å². The highest BCUT2D eigenvalue weighted by Crippen LogP contribution is 2.05. The topological polar surface area (TPSA) is 38.3 Å². The van der Waals surface area contributed by atoms with E-state index in [0.29, 0.717) is 6.54 Å². The number of nitrogens with one attached hydrogen (secondary N) is 1. The summed E-state index contributed by atoms with van der Waals surface area (Å²) < 4.78 is 4.63. The van der Waals surface area contributed by atoms with Crippen LogP contribution in [0, 0.1) is 0 Å². The maximum absolute atomic E-state index is 11.2. The minimum atomic E-state index is -0.338. The number of rotatable bonds is 7. The second-order valence-electron chi connectivity index (χ2n) is 3.86. The first-order chi connectivity index (χ1) is 8.76. The van der Waals surface area contributed by atoms with Crippen molar-refractivity contribution < 1.29 is 9.53 Å². The van der Waals surface area contributed by atoms with Gasteiger partial charge in [-0.25, -0.2) is 4.79 Å². The number of esters is 1. The van der Waals surface area contributed by atoms with Crippen molar-refractivity contribution in [3.63, 3.8) is 0 Å². The van der Waals surface area contributed by atoms with Crippen LogP contribution in [-0.4, -0.2) is 13.1 Å². The Morgan fingerprint density at radius 1 is 1.39 bits per heavy atom. The average Bonchev–Trinajstić information content (AvgIpc) is 2.42. The van der Waals surface area contributed by atoms with E-state index < -0.39 is 0 Å². The van der Waals surface area contributed by atoms with E-state index in [1.807, 2.05) is 36.4 Å². The molecule has 0 amide bonds. The van der Waals surface area contributed by atoms with Gasteiger partial charge in [0.2, 0.25) is 0 Å². The molecule has 96 valence electrons. The number of carbonyl (C=O) groups is 1. The molecule has 0 saturated heterocycles. The van der Waals surface area contributed by atoms with Gasteiger partial charge in [-0.2, -0.15) is 0 Å². The van der Waals surface area contributed by atoms with Gasteiger partial charge in [0.1, 0.15) is 0 Å². The molecule has 0 aliphatic rings. The Morgan fingerprint density at radius 3 is 2.72 bits per heavy atom. The van der Waals surface area contributed by atoms with Crippen molar-refractivity contribution in [2.45, 2.75) is 19.4 Å². The summed E-state index contributed by atoms with van der Waals surface area (Å²) in [6.07, 6.45) is 4.90. The van der Waals surface area contributed by atoms with E-state index in [1.165, 1.54) is 18.7 Å². The van der Waals surface area contributed by atoms with Gasteiger partial charge in [0, 0.05) is 18.3 Å². The molecule has 0 saturated carbocycles. The van der Waals surface area contributed by atoms with Gasteiger partial charge in [-0.3, -0.25) is 0 Å². The summed E-state index contributed by atoms with van der Waals surface area (Å²) in [5.41, 5.74) is 2.04. The monoisotopic (exact) mass is 245 g/mol. The SMILES string of the molecule is C=CCC/C(=C/C(=O)OC)NCc1ccccc1. The lowest BCUT2D eigenvalue weighted by molar-refractivity contribution is -0.134. The Balaban J connectivity index is 2.58. The highest BCUT2D eigenvalue weighted by atomic mass is 16.5. The summed E-state index contributed by atoms with van der Waals surface area (Å²) in [5, 5.41) is 3.25. The number of methoxy groups -OCH3 is 1. The molecule has 0 radical (unpaired) electrons. The van der Waals surface area contributed by atoms with Crippen LogP contribution in [0.2, 0.25) is 0 Å². The molecule has 1 rings (SSSR count). The summed E-state index contributed by atoms with van der Waals surface area (Å²) in [6.45, 7) is 4.37. The van der Waals surface area contributed by atoms with Crippen LogP contribution in [0.3, 0.4) is 0 Å². The molecule has 0 aromatic heterocycles. The van der Waals surface area contributed by atoms with E-state index in [4.69, 9.17) is 0 Å². The van der Waals surface area contributed by atoms with Crippen molar-refractivity contribution in [3.05, 3.63) is 60.3 Å². The standard InChI is InChI=1S/C15H19NO2/c1-3-4-10-14(11-15(17)18-2)16-12-13-8-6-5-7-9-13/h3,5-9,11,16H,1,4,10,12H2,2H3/b14-11-. The lowest BCUT2D eigenvalue weighted by Gasteiger charge is -2.10. The van der Waals surface area contributed by atoms with E-state index in [9.17, 15) is 4.79 Å². The Kier molecular flexibility index (Phi) is 6.33. The number of hydrogen-bond donors (Lipinski definition) is 1. The van der Waals surface area contributed by atoms with Crippen LogP contribution in [0.4, 0.5) is 0 Å². The molecular formula is C15H19NO2. The number of ether oxygens (including phenoxy) is 1. The van der Waals surface area contributed by atoms with Gasteiger partial charge in [-0.05, 0) is 18.4 Å². The normalized spacial score (nSPS) is 10.8. The smallest absolute Gasteiger partial charge is 0.332 e. The molecule has 18 heavy (non-hydrogen) atoms. The second-order valence-corrected chi connectivity index (χ2v) is 3.86. The van der Waals surface area contributed by atoms with Crippen molar-refractivity contribution in [1.82, 2.24) is 5.32 Å². The van der Waals surface area contributed by atoms with Gasteiger partial charge in [0.05, 0.1) is 7.11 Å². The van der Waals surface area contributed by atoms with Crippen LogP contribution in [0.15, 0.2) is 54.8 Å². The zero-order valence-electron chi connectivity index (χ0n) is 10.7. The number of benzene rings is 1. The van der Waals surface area contributed by atoms with Crippen molar-refractivity contribution in [2.24, 2.45) is 0 Å². The molecule has 3 heteroatoms. The number of carbonyl (C=O) groups excluding carboxylic acids is 1. The van der Waals surface area contributed by atoms with Gasteiger partial charge in [-0.1, -0.05) is 36.4 Å². The summed E-state index contributed by atoms with van der Waals surface area (Å²) >= 11 is 0. The van der Waals surface area contributed by atoms with Crippen LogP contribution in [0.1, 0.15) is 18.4 Å². The Morgan fingerprint density at radius 2 is 2.11 bits per heavy atom. The van der Waals surface area contributed by atoms with Gasteiger partial charge in [-0.15, -0.1) is 6.58 Å². The quantitative estimate of drug-likeness (QED) is 0.456. The first-order valence-corrected chi connectivity index (χ1v) is 5.93. The first-order valence-electron chi connectivity index (χ1n) is 5.93. The molecule has 0 aliphatic carbocycles. The molecule has 0 spiro atoms. The molecule has 1 aromatic carbocycles. The Bertz CT molecular complexity index is 410. The fraction of sp³-hybridized carbons (Fsp3) is 0.267. The molecule has 0 bridgehead atoms. The van der Waals surface area contributed by atoms with E-state index in [1.54, 1.807) is 0 Å². The number of allylic oxidation sites excluding steroid dienone is 2. The average molecular weight is 245 g/mol. The Hall–Kier alpha value is -2.03. The maximum Gasteiger partial charge on any atom is 0.332 e. The molecule has 3 nitrogen and oxygen atoms in total. The summed E-state index contributed by atoms with van der Waals surface area (Å²) in [5.74, 6) is -0.338. The predicted octanol–water partition coefficient (Wildman–Crippen LogP) is 2.80. The molecule has 0 unspecified atom stereocenters. The van der Waals surface area contributed by atoms with Crippen LogP contribution in [0.5, 0.6) is 0 Å². The maximum atomic E-state index is 11.2. The third-order valence-electron chi connectivity index (χ3n) is 2.47. The molecule has 0 aliphatic heterocycles. The van der Waals surface area contributed by atoms with Crippen LogP contribution < -0.4 is 5.32 Å². The van der Waals surface area contributed by atoms with E-state index in [0.717, 1.165) is 18.5 Å². The Labute approximate surface area is 108 Å². The zero-order valence-corrected chi connectivity index (χ0v) is 10.7. The molecule has 0 atom stereocenters. The lowest BCUT2D eigenvalue weighted by Crippen LogP contribution is -2.14. The summed E-state index contributed by atoms with van der Waals surface area (Å²) in [7, 11) is 1.38. The number of hydrogen-bond acceptors (Lipinski definition) is 3. The predicted molar refractivity (Wildman–Crippen MR) is 72.8 cm³/mol. The first kappa shape index (κ1) is 14.0. The highest BCUT2D eigenvalue weighted by molar-refractivity contribution is 5.82. The van der Waals surface area contributed by atoms with E-state index in [-0.39, 0.29) is 5.97 Å². The minimum Gasteiger partial charge on any atom is -0.466 e. The minimum absolute atomic E-state index is 0.338. The fourth-order valence-electron chi connectivity index (χ4n) is 1.48. The molecule has 1 aromatic rings. The summed E-state index contributed by atoms with van der Waals surface area (Å²) in [4.78, 5) is 11.2. The van der Waals surface area contributed by atoms with Crippen molar-refractivity contribution in [3.8, 4) is 0 Å². The van der Waals surface area contributed by atoms with Gasteiger partial charge >= 0.3 is 5.97 Å².